The molecule has 0 aromatic carbocycles. The smallest absolute Gasteiger partial charge is 0.222 e. The molecule has 0 bridgehead atoms. The number of ether oxygens (including phenoxy) is 1. The molecule has 2 rings (SSSR count). The van der Waals surface area contributed by atoms with Gasteiger partial charge in [0.05, 0.1) is 5.56 Å². The molecular weight excluding hydrogens is 216 g/mol. The Morgan fingerprint density at radius 2 is 2.18 bits per heavy atom. The summed E-state index contributed by atoms with van der Waals surface area (Å²) in [4.78, 5) is 8.83. The second-order valence-electron chi connectivity index (χ2n) is 4.48. The molecule has 17 heavy (non-hydrogen) atoms. The van der Waals surface area contributed by atoms with Gasteiger partial charge in [-0.05, 0) is 32.6 Å². The predicted molar refractivity (Wildman–Crippen MR) is 66.8 cm³/mol. The van der Waals surface area contributed by atoms with Crippen molar-refractivity contribution in [3.05, 3.63) is 11.4 Å². The molecule has 94 valence electrons. The van der Waals surface area contributed by atoms with Crippen molar-refractivity contribution in [2.45, 2.75) is 52.1 Å². The van der Waals surface area contributed by atoms with E-state index in [1.807, 2.05) is 6.92 Å². The molecular formula is C12H20N4O. The first-order valence-electron chi connectivity index (χ1n) is 6.25. The number of nitrogen functional groups attached to an aromatic ring is 1. The molecule has 1 fully saturated rings. The Hall–Kier alpha value is -1.36. The third-order valence-corrected chi connectivity index (χ3v) is 3.09. The first-order chi connectivity index (χ1) is 8.24. The summed E-state index contributed by atoms with van der Waals surface area (Å²) in [5.41, 5.74) is 3.50. The van der Waals surface area contributed by atoms with Crippen LogP contribution in [-0.4, -0.2) is 16.1 Å². The van der Waals surface area contributed by atoms with E-state index in [0.29, 0.717) is 17.8 Å². The molecule has 0 saturated heterocycles. The van der Waals surface area contributed by atoms with Gasteiger partial charge in [-0.1, -0.05) is 6.92 Å². The molecule has 1 aliphatic carbocycles. The number of hydrogen-bond donors (Lipinski definition) is 2. The summed E-state index contributed by atoms with van der Waals surface area (Å²) in [5, 5.41) is 0. The highest BCUT2D eigenvalue weighted by molar-refractivity contribution is 5.47. The molecule has 0 atom stereocenters. The third kappa shape index (κ3) is 2.66. The minimum Gasteiger partial charge on any atom is -0.474 e. The Bertz CT molecular complexity index is 390. The lowest BCUT2D eigenvalue weighted by molar-refractivity contribution is 0.113. The molecule has 5 heteroatoms. The largest absolute Gasteiger partial charge is 0.474 e. The van der Waals surface area contributed by atoms with Crippen LogP contribution in [0.25, 0.3) is 0 Å². The van der Waals surface area contributed by atoms with Gasteiger partial charge in [-0.25, -0.2) is 10.8 Å². The Morgan fingerprint density at radius 3 is 2.71 bits per heavy atom. The summed E-state index contributed by atoms with van der Waals surface area (Å²) >= 11 is 0. The third-order valence-electron chi connectivity index (χ3n) is 3.09. The minimum absolute atomic E-state index is 0.323. The Kier molecular flexibility index (Phi) is 3.78. The summed E-state index contributed by atoms with van der Waals surface area (Å²) in [6, 6.07) is 0. The van der Waals surface area contributed by atoms with Crippen molar-refractivity contribution < 1.29 is 4.74 Å². The van der Waals surface area contributed by atoms with E-state index in [9.17, 15) is 0 Å². The van der Waals surface area contributed by atoms with Crippen molar-refractivity contribution in [2.24, 2.45) is 5.84 Å². The van der Waals surface area contributed by atoms with Crippen LogP contribution in [0.15, 0.2) is 0 Å². The van der Waals surface area contributed by atoms with Gasteiger partial charge in [0.25, 0.3) is 0 Å². The zero-order valence-corrected chi connectivity index (χ0v) is 10.5. The maximum Gasteiger partial charge on any atom is 0.222 e. The number of hydrogen-bond acceptors (Lipinski definition) is 5. The van der Waals surface area contributed by atoms with E-state index < -0.39 is 0 Å². The predicted octanol–water partition coefficient (Wildman–Crippen LogP) is 1.95. The molecule has 0 amide bonds. The molecule has 3 N–H and O–H groups in total. The van der Waals surface area contributed by atoms with Crippen LogP contribution in [0.1, 0.15) is 44.0 Å². The summed E-state index contributed by atoms with van der Waals surface area (Å²) < 4.78 is 5.86. The highest BCUT2D eigenvalue weighted by atomic mass is 16.5. The van der Waals surface area contributed by atoms with Crippen LogP contribution in [0, 0.1) is 6.92 Å². The molecule has 1 aromatic heterocycles. The Labute approximate surface area is 102 Å². The molecule has 0 spiro atoms. The lowest BCUT2D eigenvalue weighted by Crippen LogP contribution is -2.26. The summed E-state index contributed by atoms with van der Waals surface area (Å²) in [7, 11) is 0. The van der Waals surface area contributed by atoms with E-state index in [-0.39, 0.29) is 0 Å². The molecule has 1 aliphatic rings. The van der Waals surface area contributed by atoms with Gasteiger partial charge < -0.3 is 10.2 Å². The maximum absolute atomic E-state index is 5.86. The summed E-state index contributed by atoms with van der Waals surface area (Å²) in [6.45, 7) is 4.03. The molecule has 0 radical (unpaired) electrons. The first kappa shape index (κ1) is 12.1. The van der Waals surface area contributed by atoms with E-state index in [1.165, 1.54) is 6.42 Å². The number of nitrogens with two attached hydrogens (primary N) is 1. The summed E-state index contributed by atoms with van der Waals surface area (Å²) in [5.74, 6) is 7.60. The highest BCUT2D eigenvalue weighted by Crippen LogP contribution is 2.28. The van der Waals surface area contributed by atoms with Crippen LogP contribution in [0.5, 0.6) is 5.88 Å². The van der Waals surface area contributed by atoms with Crippen LogP contribution in [0.3, 0.4) is 0 Å². The minimum atomic E-state index is 0.323. The van der Waals surface area contributed by atoms with Gasteiger partial charge in [0.2, 0.25) is 5.88 Å². The normalized spacial score (nSPS) is 15.5. The lowest BCUT2D eigenvalue weighted by atomic mass is 9.96. The average Bonchev–Trinajstić information content (AvgIpc) is 2.27. The van der Waals surface area contributed by atoms with Gasteiger partial charge in [-0.2, -0.15) is 4.98 Å². The molecule has 1 saturated carbocycles. The number of aryl methyl sites for hydroxylation is 1. The first-order valence-corrected chi connectivity index (χ1v) is 6.25. The van der Waals surface area contributed by atoms with Crippen LogP contribution in [0.2, 0.25) is 0 Å². The van der Waals surface area contributed by atoms with Crippen molar-refractivity contribution in [3.8, 4) is 5.88 Å². The molecule has 0 unspecified atom stereocenters. The van der Waals surface area contributed by atoms with Crippen LogP contribution in [0.4, 0.5) is 5.82 Å². The van der Waals surface area contributed by atoms with E-state index in [1.54, 1.807) is 0 Å². The van der Waals surface area contributed by atoms with E-state index in [0.717, 1.165) is 37.1 Å². The summed E-state index contributed by atoms with van der Waals surface area (Å²) in [6.07, 6.45) is 5.67. The van der Waals surface area contributed by atoms with E-state index >= 15 is 0 Å². The van der Waals surface area contributed by atoms with Crippen molar-refractivity contribution in [3.63, 3.8) is 0 Å². The van der Waals surface area contributed by atoms with Crippen molar-refractivity contribution in [2.75, 3.05) is 5.43 Å². The highest BCUT2D eigenvalue weighted by Gasteiger charge is 2.22. The van der Waals surface area contributed by atoms with Gasteiger partial charge in [0, 0.05) is 6.42 Å². The van der Waals surface area contributed by atoms with Crippen molar-refractivity contribution >= 4 is 5.82 Å². The Morgan fingerprint density at radius 1 is 1.41 bits per heavy atom. The van der Waals surface area contributed by atoms with Gasteiger partial charge in [0.15, 0.2) is 0 Å². The Balaban J connectivity index is 2.23. The molecule has 0 aliphatic heterocycles. The number of rotatable bonds is 5. The monoisotopic (exact) mass is 236 g/mol. The topological polar surface area (TPSA) is 73.1 Å². The standard InChI is InChI=1S/C12H20N4O/c1-3-5-10-14-11(16-13)8(2)12(15-10)17-9-6-4-7-9/h9H,3-7,13H2,1-2H3,(H,14,15,16). The SMILES string of the molecule is CCCc1nc(NN)c(C)c(OC2CCC2)n1. The maximum atomic E-state index is 5.86. The number of hydrazine groups is 1. The van der Waals surface area contributed by atoms with Crippen LogP contribution >= 0.6 is 0 Å². The number of aromatic nitrogens is 2. The number of nitrogens with one attached hydrogen (secondary N) is 1. The second-order valence-corrected chi connectivity index (χ2v) is 4.48. The van der Waals surface area contributed by atoms with Crippen LogP contribution in [-0.2, 0) is 6.42 Å². The van der Waals surface area contributed by atoms with Crippen LogP contribution < -0.4 is 16.0 Å². The van der Waals surface area contributed by atoms with E-state index in [4.69, 9.17) is 10.6 Å². The zero-order chi connectivity index (χ0) is 12.3. The van der Waals surface area contributed by atoms with Crippen molar-refractivity contribution in [1.29, 1.82) is 0 Å². The lowest BCUT2D eigenvalue weighted by Gasteiger charge is -2.26. The zero-order valence-electron chi connectivity index (χ0n) is 10.5. The van der Waals surface area contributed by atoms with Gasteiger partial charge >= 0.3 is 0 Å². The quantitative estimate of drug-likeness (QED) is 0.604. The van der Waals surface area contributed by atoms with Gasteiger partial charge in [-0.3, -0.25) is 0 Å². The van der Waals surface area contributed by atoms with Gasteiger partial charge in [-0.15, -0.1) is 0 Å². The number of nitrogens with zero attached hydrogens (tertiary/aromatic N) is 2. The fourth-order valence-electron chi connectivity index (χ4n) is 1.78. The fraction of sp³-hybridized carbons (Fsp3) is 0.667. The average molecular weight is 236 g/mol. The number of anilines is 1. The molecule has 1 aromatic rings. The van der Waals surface area contributed by atoms with E-state index in [2.05, 4.69) is 22.3 Å². The van der Waals surface area contributed by atoms with Crippen molar-refractivity contribution in [1.82, 2.24) is 9.97 Å². The fourth-order valence-corrected chi connectivity index (χ4v) is 1.78. The van der Waals surface area contributed by atoms with Gasteiger partial charge in [0.1, 0.15) is 17.7 Å². The second kappa shape index (κ2) is 5.31. The molecule has 1 heterocycles. The molecule has 5 nitrogen and oxygen atoms in total.